The molecular formula is C5H5BrCl2. The van der Waals surface area contributed by atoms with Gasteiger partial charge in [-0.15, -0.1) is 0 Å². The molecule has 0 nitrogen and oxygen atoms in total. The largest absolute Gasteiger partial charge is 0.0913 e. The van der Waals surface area contributed by atoms with Gasteiger partial charge in [-0.25, -0.2) is 0 Å². The monoisotopic (exact) mass is 214 g/mol. The summed E-state index contributed by atoms with van der Waals surface area (Å²) in [5.74, 6) is 0. The van der Waals surface area contributed by atoms with Gasteiger partial charge in [0.15, 0.2) is 0 Å². The molecule has 0 heterocycles. The maximum atomic E-state index is 5.48. The molecule has 0 radical (unpaired) electrons. The molecule has 0 unspecified atom stereocenters. The predicted molar refractivity (Wildman–Crippen MR) is 42.5 cm³/mol. The zero-order valence-electron chi connectivity index (χ0n) is 4.29. The Bertz CT molecular complexity index is 122. The average molecular weight is 216 g/mol. The fraction of sp³-hybridized carbons (Fsp3) is 0.200. The van der Waals surface area contributed by atoms with Crippen molar-refractivity contribution in [3.8, 4) is 0 Å². The van der Waals surface area contributed by atoms with Gasteiger partial charge in [0.05, 0.1) is 5.03 Å². The van der Waals surface area contributed by atoms with Crippen LogP contribution in [0.5, 0.6) is 0 Å². The minimum absolute atomic E-state index is 0.529. The van der Waals surface area contributed by atoms with E-state index in [0.29, 0.717) is 5.03 Å². The molecule has 0 fully saturated rings. The van der Waals surface area contributed by atoms with E-state index in [2.05, 4.69) is 15.9 Å². The van der Waals surface area contributed by atoms with Crippen LogP contribution in [0.2, 0.25) is 0 Å². The molecule has 8 heavy (non-hydrogen) atoms. The van der Waals surface area contributed by atoms with Crippen LogP contribution in [0.3, 0.4) is 0 Å². The summed E-state index contributed by atoms with van der Waals surface area (Å²) < 4.78 is 0.958. The van der Waals surface area contributed by atoms with Gasteiger partial charge in [-0.2, -0.15) is 0 Å². The molecule has 0 aromatic carbocycles. The van der Waals surface area contributed by atoms with Crippen molar-refractivity contribution in [1.29, 1.82) is 0 Å². The third-order valence-corrected chi connectivity index (χ3v) is 1.23. The topological polar surface area (TPSA) is 0 Å². The van der Waals surface area contributed by atoms with Crippen molar-refractivity contribution in [2.24, 2.45) is 0 Å². The van der Waals surface area contributed by atoms with Crippen molar-refractivity contribution in [2.75, 3.05) is 0 Å². The highest BCUT2D eigenvalue weighted by molar-refractivity contribution is 9.11. The Morgan fingerprint density at radius 3 is 2.25 bits per heavy atom. The highest BCUT2D eigenvalue weighted by atomic mass is 79.9. The third kappa shape index (κ3) is 4.69. The number of halogens is 3. The summed E-state index contributed by atoms with van der Waals surface area (Å²) in [6.07, 6.45) is 1.72. The molecule has 0 saturated heterocycles. The Morgan fingerprint density at radius 2 is 2.12 bits per heavy atom. The molecule has 0 aliphatic carbocycles. The van der Waals surface area contributed by atoms with Crippen LogP contribution in [-0.2, 0) is 0 Å². The van der Waals surface area contributed by atoms with Crippen LogP contribution in [-0.4, -0.2) is 0 Å². The summed E-state index contributed by atoms with van der Waals surface area (Å²) in [4.78, 5) is 0. The fourth-order valence-electron chi connectivity index (χ4n) is 0.222. The van der Waals surface area contributed by atoms with E-state index in [1.54, 1.807) is 6.08 Å². The van der Waals surface area contributed by atoms with E-state index in [1.165, 1.54) is 5.54 Å². The molecular weight excluding hydrogens is 211 g/mol. The normalized spacial score (nSPS) is 14.5. The lowest BCUT2D eigenvalue weighted by molar-refractivity contribution is 1.68. The van der Waals surface area contributed by atoms with Crippen LogP contribution in [0.15, 0.2) is 21.1 Å². The molecule has 0 aromatic rings. The van der Waals surface area contributed by atoms with Gasteiger partial charge >= 0.3 is 0 Å². The lowest BCUT2D eigenvalue weighted by Crippen LogP contribution is -1.59. The van der Waals surface area contributed by atoms with Gasteiger partial charge in [-0.1, -0.05) is 39.1 Å². The van der Waals surface area contributed by atoms with E-state index in [9.17, 15) is 0 Å². The minimum atomic E-state index is 0.529. The highest BCUT2D eigenvalue weighted by Crippen LogP contribution is 2.11. The average Bonchev–Trinajstić information content (AvgIpc) is 1.65. The summed E-state index contributed by atoms with van der Waals surface area (Å²) in [5, 5.41) is 0.529. The van der Waals surface area contributed by atoms with Gasteiger partial charge < -0.3 is 0 Å². The molecule has 46 valence electrons. The number of hydrogen-bond donors (Lipinski definition) is 0. The number of allylic oxidation sites excluding steroid dienone is 3. The first-order chi connectivity index (χ1) is 3.66. The van der Waals surface area contributed by atoms with Crippen LogP contribution in [0.1, 0.15) is 6.92 Å². The standard InChI is InChI=1S/C5H5BrCl2/c1-4(6)2-5(8)3-7/h2-3H,1H3/b4-2+,5-3-. The second-order valence-electron chi connectivity index (χ2n) is 1.23. The molecule has 0 bridgehead atoms. The molecule has 0 atom stereocenters. The second-order valence-corrected chi connectivity index (χ2v) is 3.13. The molecule has 0 amide bonds. The summed E-state index contributed by atoms with van der Waals surface area (Å²) >= 11 is 13.9. The first kappa shape index (κ1) is 8.54. The van der Waals surface area contributed by atoms with Gasteiger partial charge in [0.1, 0.15) is 0 Å². The molecule has 0 N–H and O–H groups in total. The molecule has 0 rings (SSSR count). The smallest absolute Gasteiger partial charge is 0.0526 e. The van der Waals surface area contributed by atoms with E-state index in [4.69, 9.17) is 23.2 Å². The maximum Gasteiger partial charge on any atom is 0.0526 e. The van der Waals surface area contributed by atoms with Gasteiger partial charge in [0.25, 0.3) is 0 Å². The third-order valence-electron chi connectivity index (χ3n) is 0.441. The lowest BCUT2D eigenvalue weighted by atomic mass is 10.5. The van der Waals surface area contributed by atoms with E-state index < -0.39 is 0 Å². The maximum absolute atomic E-state index is 5.48. The molecule has 0 aromatic heterocycles. The van der Waals surface area contributed by atoms with E-state index in [1.807, 2.05) is 6.92 Å². The van der Waals surface area contributed by atoms with Gasteiger partial charge in [0.2, 0.25) is 0 Å². The van der Waals surface area contributed by atoms with Crippen LogP contribution < -0.4 is 0 Å². The van der Waals surface area contributed by atoms with Crippen LogP contribution in [0, 0.1) is 0 Å². The van der Waals surface area contributed by atoms with Crippen LogP contribution in [0.4, 0.5) is 0 Å². The molecule has 0 spiro atoms. The zero-order chi connectivity index (χ0) is 6.57. The number of rotatable bonds is 1. The highest BCUT2D eigenvalue weighted by Gasteiger charge is 1.82. The predicted octanol–water partition coefficient (Wildman–Crippen LogP) is 3.60. The Labute approximate surface area is 67.3 Å². The van der Waals surface area contributed by atoms with Crippen molar-refractivity contribution in [3.63, 3.8) is 0 Å². The molecule has 0 saturated carbocycles. The van der Waals surface area contributed by atoms with Gasteiger partial charge in [-0.05, 0) is 17.5 Å². The Kier molecular flexibility index (Phi) is 4.72. The molecule has 0 aliphatic rings. The molecule has 0 aliphatic heterocycles. The Balaban J connectivity index is 3.89. The van der Waals surface area contributed by atoms with Crippen LogP contribution in [0.25, 0.3) is 0 Å². The van der Waals surface area contributed by atoms with Gasteiger partial charge in [0, 0.05) is 5.54 Å². The van der Waals surface area contributed by atoms with E-state index >= 15 is 0 Å². The minimum Gasteiger partial charge on any atom is -0.0913 e. The van der Waals surface area contributed by atoms with Gasteiger partial charge in [-0.3, -0.25) is 0 Å². The zero-order valence-corrected chi connectivity index (χ0v) is 7.39. The van der Waals surface area contributed by atoms with Crippen molar-refractivity contribution >= 4 is 39.1 Å². The Morgan fingerprint density at radius 1 is 1.62 bits per heavy atom. The van der Waals surface area contributed by atoms with Crippen molar-refractivity contribution in [3.05, 3.63) is 21.1 Å². The van der Waals surface area contributed by atoms with Crippen LogP contribution >= 0.6 is 39.1 Å². The van der Waals surface area contributed by atoms with E-state index in [-0.39, 0.29) is 0 Å². The summed E-state index contributed by atoms with van der Waals surface area (Å²) in [6.45, 7) is 1.88. The SMILES string of the molecule is C/C(Br)=C\C(Cl)=C\Cl. The summed E-state index contributed by atoms with van der Waals surface area (Å²) in [7, 11) is 0. The summed E-state index contributed by atoms with van der Waals surface area (Å²) in [6, 6.07) is 0. The number of hydrogen-bond acceptors (Lipinski definition) is 0. The first-order valence-corrected chi connectivity index (χ1v) is 3.57. The fourth-order valence-corrected chi connectivity index (χ4v) is 0.827. The summed E-state index contributed by atoms with van der Waals surface area (Å²) in [5.41, 5.74) is 1.31. The van der Waals surface area contributed by atoms with Crippen molar-refractivity contribution in [2.45, 2.75) is 6.92 Å². The molecule has 3 heteroatoms. The van der Waals surface area contributed by atoms with E-state index in [0.717, 1.165) is 4.48 Å². The van der Waals surface area contributed by atoms with Crippen molar-refractivity contribution < 1.29 is 0 Å². The quantitative estimate of drug-likeness (QED) is 0.587. The first-order valence-electron chi connectivity index (χ1n) is 1.96. The Hall–Kier alpha value is 0.540. The second kappa shape index (κ2) is 4.42. The lowest BCUT2D eigenvalue weighted by Gasteiger charge is -1.83. The van der Waals surface area contributed by atoms with Crippen molar-refractivity contribution in [1.82, 2.24) is 0 Å².